The number of carbonyl (C=O) groups excluding carboxylic acids is 2. The first-order valence-electron chi connectivity index (χ1n) is 13.4. The zero-order chi connectivity index (χ0) is 31.0. The van der Waals surface area contributed by atoms with Crippen LogP contribution in [0.3, 0.4) is 0 Å². The van der Waals surface area contributed by atoms with E-state index < -0.39 is 28.5 Å². The van der Waals surface area contributed by atoms with E-state index in [-0.39, 0.29) is 39.5 Å². The molecule has 0 unspecified atom stereocenters. The molecule has 7 nitrogen and oxygen atoms in total. The number of hydrogen-bond acceptors (Lipinski definition) is 4. The number of aryl methyl sites for hydroxylation is 1. The maximum absolute atomic E-state index is 14.2. The Balaban J connectivity index is 2.10. The van der Waals surface area contributed by atoms with Gasteiger partial charge in [0.1, 0.15) is 12.6 Å². The number of unbranched alkanes of at least 4 members (excludes halogenated alkanes) is 1. The lowest BCUT2D eigenvalue weighted by Gasteiger charge is -2.33. The highest BCUT2D eigenvalue weighted by Gasteiger charge is 2.34. The van der Waals surface area contributed by atoms with Crippen molar-refractivity contribution in [2.75, 3.05) is 17.4 Å². The highest BCUT2D eigenvalue weighted by atomic mass is 35.5. The molecule has 42 heavy (non-hydrogen) atoms. The number of halogens is 4. The summed E-state index contributed by atoms with van der Waals surface area (Å²) >= 11 is 25.2. The standard InChI is InChI=1S/C30H33Cl4N3O4S/c1-4-6-15-35-30(39)27(5-2)36(18-21-9-10-22(31)16-26(21)34)29(38)19-37(28-17-23(32)11-14-25(28)33)42(40,41)24-12-7-20(3)8-13-24/h7-14,16-17,27H,4-6,15,18-19H2,1-3H3,(H,35,39)/t27-/m1/s1. The van der Waals surface area contributed by atoms with Gasteiger partial charge in [-0.3, -0.25) is 13.9 Å². The van der Waals surface area contributed by atoms with E-state index in [1.54, 1.807) is 37.3 Å². The van der Waals surface area contributed by atoms with E-state index in [1.165, 1.54) is 35.2 Å². The van der Waals surface area contributed by atoms with Crippen molar-refractivity contribution in [3.05, 3.63) is 91.9 Å². The quantitative estimate of drug-likeness (QED) is 0.190. The lowest BCUT2D eigenvalue weighted by Crippen LogP contribution is -2.52. The third-order valence-electron chi connectivity index (χ3n) is 6.64. The summed E-state index contributed by atoms with van der Waals surface area (Å²) in [4.78, 5) is 28.8. The normalized spacial score (nSPS) is 12.1. The number of sulfonamides is 1. The fourth-order valence-electron chi connectivity index (χ4n) is 4.29. The van der Waals surface area contributed by atoms with Gasteiger partial charge >= 0.3 is 0 Å². The van der Waals surface area contributed by atoms with Gasteiger partial charge in [-0.25, -0.2) is 8.42 Å². The van der Waals surface area contributed by atoms with E-state index in [4.69, 9.17) is 46.4 Å². The molecule has 0 saturated heterocycles. The predicted molar refractivity (Wildman–Crippen MR) is 171 cm³/mol. The molecule has 0 fully saturated rings. The number of amides is 2. The average Bonchev–Trinajstić information content (AvgIpc) is 2.94. The molecule has 0 radical (unpaired) electrons. The Morgan fingerprint density at radius 3 is 2.14 bits per heavy atom. The van der Waals surface area contributed by atoms with Gasteiger partial charge in [0.25, 0.3) is 10.0 Å². The van der Waals surface area contributed by atoms with E-state index in [1.807, 2.05) is 13.8 Å². The van der Waals surface area contributed by atoms with Gasteiger partial charge in [-0.05, 0) is 67.8 Å². The molecule has 3 aromatic rings. The van der Waals surface area contributed by atoms with Gasteiger partial charge in [-0.2, -0.15) is 0 Å². The molecule has 0 saturated carbocycles. The summed E-state index contributed by atoms with van der Waals surface area (Å²) < 4.78 is 28.9. The van der Waals surface area contributed by atoms with Crippen molar-refractivity contribution in [1.82, 2.24) is 10.2 Å². The molecule has 3 rings (SSSR count). The number of hydrogen-bond donors (Lipinski definition) is 1. The van der Waals surface area contributed by atoms with Crippen molar-refractivity contribution in [3.8, 4) is 0 Å². The average molecular weight is 673 g/mol. The lowest BCUT2D eigenvalue weighted by atomic mass is 10.1. The van der Waals surface area contributed by atoms with Crippen LogP contribution < -0.4 is 9.62 Å². The maximum Gasteiger partial charge on any atom is 0.264 e. The van der Waals surface area contributed by atoms with Gasteiger partial charge in [0.05, 0.1) is 15.6 Å². The molecule has 1 atom stereocenters. The van der Waals surface area contributed by atoms with Crippen molar-refractivity contribution in [2.45, 2.75) is 57.5 Å². The van der Waals surface area contributed by atoms with Crippen molar-refractivity contribution >= 4 is 73.9 Å². The summed E-state index contributed by atoms with van der Waals surface area (Å²) in [5.41, 5.74) is 1.44. The number of nitrogens with zero attached hydrogens (tertiary/aromatic N) is 2. The van der Waals surface area contributed by atoms with Crippen LogP contribution in [0.2, 0.25) is 20.1 Å². The monoisotopic (exact) mass is 671 g/mol. The molecular formula is C30H33Cl4N3O4S. The molecule has 0 aliphatic carbocycles. The van der Waals surface area contributed by atoms with Crippen LogP contribution in [0.4, 0.5) is 5.69 Å². The number of carbonyl (C=O) groups is 2. The van der Waals surface area contributed by atoms with Gasteiger partial charge in [0, 0.05) is 28.2 Å². The van der Waals surface area contributed by atoms with Crippen molar-refractivity contribution in [1.29, 1.82) is 0 Å². The van der Waals surface area contributed by atoms with Crippen LogP contribution in [0.25, 0.3) is 0 Å². The molecular weight excluding hydrogens is 640 g/mol. The number of nitrogens with one attached hydrogen (secondary N) is 1. The topological polar surface area (TPSA) is 86.8 Å². The largest absolute Gasteiger partial charge is 0.354 e. The van der Waals surface area contributed by atoms with E-state index in [0.717, 1.165) is 22.7 Å². The second kappa shape index (κ2) is 15.3. The Labute approximate surface area is 267 Å². The SMILES string of the molecule is CCCCNC(=O)[C@@H](CC)N(Cc1ccc(Cl)cc1Cl)C(=O)CN(c1cc(Cl)ccc1Cl)S(=O)(=O)c1ccc(C)cc1. The highest BCUT2D eigenvalue weighted by Crippen LogP contribution is 2.33. The Morgan fingerprint density at radius 1 is 0.881 bits per heavy atom. The molecule has 0 aliphatic rings. The summed E-state index contributed by atoms with van der Waals surface area (Å²) in [5.74, 6) is -0.983. The molecule has 2 amide bonds. The lowest BCUT2D eigenvalue weighted by molar-refractivity contribution is -0.140. The summed E-state index contributed by atoms with van der Waals surface area (Å²) in [6.07, 6.45) is 1.93. The first-order chi connectivity index (χ1) is 19.9. The zero-order valence-corrected chi connectivity index (χ0v) is 27.4. The third-order valence-corrected chi connectivity index (χ3v) is 9.55. The molecule has 3 aromatic carbocycles. The van der Waals surface area contributed by atoms with Gasteiger partial charge in [0.2, 0.25) is 11.8 Å². The summed E-state index contributed by atoms with van der Waals surface area (Å²) in [5, 5.41) is 3.92. The van der Waals surface area contributed by atoms with Crippen LogP contribution in [0.5, 0.6) is 0 Å². The fraction of sp³-hybridized carbons (Fsp3) is 0.333. The zero-order valence-electron chi connectivity index (χ0n) is 23.5. The molecule has 12 heteroatoms. The van der Waals surface area contributed by atoms with Gasteiger partial charge in [-0.1, -0.05) is 90.4 Å². The minimum Gasteiger partial charge on any atom is -0.354 e. The molecule has 0 heterocycles. The molecule has 1 N–H and O–H groups in total. The second-order valence-electron chi connectivity index (χ2n) is 9.75. The minimum absolute atomic E-state index is 0.0306. The Bertz CT molecular complexity index is 1520. The van der Waals surface area contributed by atoms with Crippen molar-refractivity contribution < 1.29 is 18.0 Å². The van der Waals surface area contributed by atoms with Gasteiger partial charge in [-0.15, -0.1) is 0 Å². The first-order valence-corrected chi connectivity index (χ1v) is 16.4. The molecule has 0 spiro atoms. The van der Waals surface area contributed by atoms with Crippen LogP contribution in [-0.2, 0) is 26.2 Å². The van der Waals surface area contributed by atoms with Crippen LogP contribution in [0.15, 0.2) is 65.6 Å². The maximum atomic E-state index is 14.2. The fourth-order valence-corrected chi connectivity index (χ4v) is 6.62. The predicted octanol–water partition coefficient (Wildman–Crippen LogP) is 7.53. The number of rotatable bonds is 13. The van der Waals surface area contributed by atoms with E-state index >= 15 is 0 Å². The van der Waals surface area contributed by atoms with Gasteiger partial charge < -0.3 is 10.2 Å². The molecule has 0 bridgehead atoms. The third kappa shape index (κ3) is 8.54. The second-order valence-corrected chi connectivity index (χ2v) is 13.3. The Morgan fingerprint density at radius 2 is 1.52 bits per heavy atom. The van der Waals surface area contributed by atoms with Crippen LogP contribution in [0, 0.1) is 6.92 Å². The van der Waals surface area contributed by atoms with Gasteiger partial charge in [0.15, 0.2) is 0 Å². The van der Waals surface area contributed by atoms with Crippen molar-refractivity contribution in [3.63, 3.8) is 0 Å². The summed E-state index contributed by atoms with van der Waals surface area (Å²) in [6.45, 7) is 5.36. The van der Waals surface area contributed by atoms with E-state index in [2.05, 4.69) is 5.32 Å². The number of anilines is 1. The Hall–Kier alpha value is -2.49. The molecule has 0 aliphatic heterocycles. The highest BCUT2D eigenvalue weighted by molar-refractivity contribution is 7.92. The molecule has 226 valence electrons. The van der Waals surface area contributed by atoms with Crippen molar-refractivity contribution in [2.24, 2.45) is 0 Å². The van der Waals surface area contributed by atoms with E-state index in [0.29, 0.717) is 22.2 Å². The molecule has 0 aromatic heterocycles. The first kappa shape index (κ1) is 34.0. The number of benzene rings is 3. The smallest absolute Gasteiger partial charge is 0.264 e. The van der Waals surface area contributed by atoms with E-state index in [9.17, 15) is 18.0 Å². The summed E-state index contributed by atoms with van der Waals surface area (Å²) in [6, 6.07) is 14.6. The minimum atomic E-state index is -4.30. The van der Waals surface area contributed by atoms with Crippen LogP contribution in [0.1, 0.15) is 44.2 Å². The Kier molecular flexibility index (Phi) is 12.4. The van der Waals surface area contributed by atoms with Crippen LogP contribution >= 0.6 is 46.4 Å². The summed E-state index contributed by atoms with van der Waals surface area (Å²) in [7, 11) is -4.30. The van der Waals surface area contributed by atoms with Crippen LogP contribution in [-0.4, -0.2) is 44.3 Å².